The number of hydrogen-bond donors (Lipinski definition) is 2. The summed E-state index contributed by atoms with van der Waals surface area (Å²) in [7, 11) is 0. The Hall–Kier alpha value is -1.10. The average Bonchev–Trinajstić information content (AvgIpc) is 2.61. The summed E-state index contributed by atoms with van der Waals surface area (Å²) in [6.07, 6.45) is 7.10. The SMILES string of the molecule is CCN(CC)CCNC(=O)[C@H](NC(=O)C12CC3CC(CC(C3)C1)C2)C(C)C. The molecule has 4 aliphatic rings. The lowest BCUT2D eigenvalue weighted by Crippen LogP contribution is -2.58. The Morgan fingerprint density at radius 1 is 1.00 bits per heavy atom. The van der Waals surface area contributed by atoms with Crippen LogP contribution in [-0.2, 0) is 9.59 Å². The first-order valence-corrected chi connectivity index (χ1v) is 11.2. The van der Waals surface area contributed by atoms with Crippen molar-refractivity contribution >= 4 is 11.8 Å². The van der Waals surface area contributed by atoms with E-state index in [1.54, 1.807) is 0 Å². The molecule has 4 aliphatic carbocycles. The third kappa shape index (κ3) is 4.49. The number of amides is 2. The highest BCUT2D eigenvalue weighted by Crippen LogP contribution is 2.60. The van der Waals surface area contributed by atoms with E-state index in [9.17, 15) is 9.59 Å². The maximum absolute atomic E-state index is 13.3. The van der Waals surface area contributed by atoms with Crippen LogP contribution in [0, 0.1) is 29.1 Å². The molecular weight excluding hydrogens is 338 g/mol. The number of likely N-dealkylation sites (N-methyl/N-ethyl adjacent to an activating group) is 1. The lowest BCUT2D eigenvalue weighted by Gasteiger charge is -2.55. The molecule has 1 atom stereocenters. The monoisotopic (exact) mass is 377 g/mol. The molecule has 5 heteroatoms. The van der Waals surface area contributed by atoms with E-state index in [1.165, 1.54) is 19.3 Å². The summed E-state index contributed by atoms with van der Waals surface area (Å²) in [6, 6.07) is -0.429. The maximum Gasteiger partial charge on any atom is 0.242 e. The zero-order valence-electron chi connectivity index (χ0n) is 17.7. The van der Waals surface area contributed by atoms with Crippen LogP contribution in [0.1, 0.15) is 66.2 Å². The average molecular weight is 378 g/mol. The highest BCUT2D eigenvalue weighted by atomic mass is 16.2. The predicted molar refractivity (Wildman–Crippen MR) is 108 cm³/mol. The second kappa shape index (κ2) is 8.50. The van der Waals surface area contributed by atoms with Crippen LogP contribution in [-0.4, -0.2) is 48.9 Å². The second-order valence-corrected chi connectivity index (χ2v) is 9.71. The Morgan fingerprint density at radius 2 is 1.52 bits per heavy atom. The normalized spacial score (nSPS) is 32.7. The number of hydrogen-bond acceptors (Lipinski definition) is 3. The molecule has 0 aliphatic heterocycles. The minimum absolute atomic E-state index is 0.0322. The molecule has 154 valence electrons. The van der Waals surface area contributed by atoms with Crippen molar-refractivity contribution in [1.29, 1.82) is 0 Å². The molecule has 0 aromatic rings. The molecule has 5 nitrogen and oxygen atoms in total. The summed E-state index contributed by atoms with van der Waals surface area (Å²) in [6.45, 7) is 11.8. The third-order valence-electron chi connectivity index (χ3n) is 7.38. The maximum atomic E-state index is 13.3. The number of rotatable bonds is 9. The van der Waals surface area contributed by atoms with E-state index in [0.29, 0.717) is 6.54 Å². The fraction of sp³-hybridized carbons (Fsp3) is 0.909. The van der Waals surface area contributed by atoms with Gasteiger partial charge in [-0.2, -0.15) is 0 Å². The first-order valence-electron chi connectivity index (χ1n) is 11.2. The number of nitrogens with one attached hydrogen (secondary N) is 2. The van der Waals surface area contributed by atoms with Gasteiger partial charge in [-0.25, -0.2) is 0 Å². The molecule has 0 saturated heterocycles. The van der Waals surface area contributed by atoms with Crippen molar-refractivity contribution in [1.82, 2.24) is 15.5 Å². The van der Waals surface area contributed by atoms with Crippen LogP contribution in [0.2, 0.25) is 0 Å². The van der Waals surface area contributed by atoms with Gasteiger partial charge in [0.2, 0.25) is 11.8 Å². The van der Waals surface area contributed by atoms with Gasteiger partial charge in [0.25, 0.3) is 0 Å². The Morgan fingerprint density at radius 3 is 1.96 bits per heavy atom. The summed E-state index contributed by atoms with van der Waals surface area (Å²) in [5, 5.41) is 6.22. The zero-order valence-corrected chi connectivity index (χ0v) is 17.7. The van der Waals surface area contributed by atoms with Crippen molar-refractivity contribution in [2.45, 2.75) is 72.3 Å². The summed E-state index contributed by atoms with van der Waals surface area (Å²) >= 11 is 0. The van der Waals surface area contributed by atoms with Gasteiger partial charge in [0, 0.05) is 18.5 Å². The number of nitrogens with zero attached hydrogens (tertiary/aromatic N) is 1. The van der Waals surface area contributed by atoms with E-state index in [0.717, 1.165) is 56.7 Å². The Bertz CT molecular complexity index is 506. The molecule has 4 fully saturated rings. The smallest absolute Gasteiger partial charge is 0.242 e. The minimum Gasteiger partial charge on any atom is -0.353 e. The predicted octanol–water partition coefficient (Wildman–Crippen LogP) is 2.80. The number of carbonyl (C=O) groups is 2. The molecule has 4 bridgehead atoms. The van der Waals surface area contributed by atoms with Crippen LogP contribution in [0.5, 0.6) is 0 Å². The van der Waals surface area contributed by atoms with Gasteiger partial charge in [0.15, 0.2) is 0 Å². The van der Waals surface area contributed by atoms with Gasteiger partial charge in [0.05, 0.1) is 0 Å². The summed E-state index contributed by atoms with van der Waals surface area (Å²) < 4.78 is 0. The summed E-state index contributed by atoms with van der Waals surface area (Å²) in [5.41, 5.74) is -0.191. The molecular formula is C22H39N3O2. The van der Waals surface area contributed by atoms with Gasteiger partial charge in [-0.15, -0.1) is 0 Å². The van der Waals surface area contributed by atoms with Crippen molar-refractivity contribution in [3.8, 4) is 0 Å². The molecule has 4 rings (SSSR count). The third-order valence-corrected chi connectivity index (χ3v) is 7.38. The fourth-order valence-corrected chi connectivity index (χ4v) is 6.21. The van der Waals surface area contributed by atoms with Crippen molar-refractivity contribution in [2.75, 3.05) is 26.2 Å². The second-order valence-electron chi connectivity index (χ2n) is 9.71. The van der Waals surface area contributed by atoms with Crippen molar-refractivity contribution in [3.05, 3.63) is 0 Å². The Kier molecular flexibility index (Phi) is 6.50. The number of carbonyl (C=O) groups excluding carboxylic acids is 2. The molecule has 2 amide bonds. The first-order chi connectivity index (χ1) is 12.9. The van der Waals surface area contributed by atoms with Gasteiger partial charge in [-0.3, -0.25) is 9.59 Å². The van der Waals surface area contributed by atoms with E-state index in [1.807, 2.05) is 13.8 Å². The van der Waals surface area contributed by atoms with Crippen LogP contribution >= 0.6 is 0 Å². The molecule has 0 unspecified atom stereocenters. The van der Waals surface area contributed by atoms with Crippen LogP contribution in [0.4, 0.5) is 0 Å². The Balaban J connectivity index is 1.57. The van der Waals surface area contributed by atoms with Crippen molar-refractivity contribution in [2.24, 2.45) is 29.1 Å². The first kappa shape index (κ1) is 20.6. The van der Waals surface area contributed by atoms with Gasteiger partial charge in [-0.1, -0.05) is 27.7 Å². The van der Waals surface area contributed by atoms with Crippen molar-refractivity contribution < 1.29 is 9.59 Å². The van der Waals surface area contributed by atoms with E-state index in [-0.39, 0.29) is 23.1 Å². The molecule has 2 N–H and O–H groups in total. The molecule has 27 heavy (non-hydrogen) atoms. The standard InChI is InChI=1S/C22H39N3O2/c1-5-25(6-2)8-7-23-20(26)19(15(3)4)24-21(27)22-12-16-9-17(13-22)11-18(10-16)14-22/h15-19H,5-14H2,1-4H3,(H,23,26)(H,24,27)/t16?,17?,18?,19-,22?/m1/s1. The van der Waals surface area contributed by atoms with Crippen molar-refractivity contribution in [3.63, 3.8) is 0 Å². The van der Waals surface area contributed by atoms with E-state index in [2.05, 4.69) is 29.4 Å². The largest absolute Gasteiger partial charge is 0.353 e. The van der Waals surface area contributed by atoms with Crippen LogP contribution in [0.3, 0.4) is 0 Å². The fourth-order valence-electron chi connectivity index (χ4n) is 6.21. The topological polar surface area (TPSA) is 61.4 Å². The molecule has 0 radical (unpaired) electrons. The van der Waals surface area contributed by atoms with Crippen LogP contribution in [0.25, 0.3) is 0 Å². The summed E-state index contributed by atoms with van der Waals surface area (Å²) in [5.74, 6) is 2.43. The molecule has 0 aromatic carbocycles. The molecule has 0 heterocycles. The highest BCUT2D eigenvalue weighted by molar-refractivity contribution is 5.90. The highest BCUT2D eigenvalue weighted by Gasteiger charge is 2.55. The molecule has 0 spiro atoms. The van der Waals surface area contributed by atoms with Crippen LogP contribution < -0.4 is 10.6 Å². The van der Waals surface area contributed by atoms with E-state index >= 15 is 0 Å². The Labute approximate surface area is 165 Å². The quantitative estimate of drug-likeness (QED) is 0.649. The lowest BCUT2D eigenvalue weighted by atomic mass is 9.49. The van der Waals surface area contributed by atoms with Gasteiger partial charge < -0.3 is 15.5 Å². The van der Waals surface area contributed by atoms with Crippen LogP contribution in [0.15, 0.2) is 0 Å². The van der Waals surface area contributed by atoms with E-state index in [4.69, 9.17) is 0 Å². The van der Waals surface area contributed by atoms with Gasteiger partial charge in [0.1, 0.15) is 6.04 Å². The van der Waals surface area contributed by atoms with Gasteiger partial charge in [-0.05, 0) is 75.3 Å². The van der Waals surface area contributed by atoms with E-state index < -0.39 is 6.04 Å². The zero-order chi connectivity index (χ0) is 19.6. The minimum atomic E-state index is -0.429. The lowest BCUT2D eigenvalue weighted by molar-refractivity contribution is -0.149. The van der Waals surface area contributed by atoms with Gasteiger partial charge >= 0.3 is 0 Å². The summed E-state index contributed by atoms with van der Waals surface area (Å²) in [4.78, 5) is 28.3. The molecule has 4 saturated carbocycles. The molecule has 0 aromatic heterocycles.